The molecular formula is C15H17N3O. The van der Waals surface area contributed by atoms with E-state index in [4.69, 9.17) is 0 Å². The molecule has 98 valence electrons. The van der Waals surface area contributed by atoms with Crippen molar-refractivity contribution in [2.24, 2.45) is 0 Å². The summed E-state index contributed by atoms with van der Waals surface area (Å²) in [6.45, 7) is 2.85. The molecule has 0 radical (unpaired) electrons. The molecule has 1 saturated heterocycles. The Bertz CT molecular complexity index is 527. The topological polar surface area (TPSA) is 48.4 Å². The van der Waals surface area contributed by atoms with E-state index < -0.39 is 0 Å². The fourth-order valence-electron chi connectivity index (χ4n) is 2.54. The lowest BCUT2D eigenvalue weighted by Crippen LogP contribution is -2.46. The van der Waals surface area contributed by atoms with Crippen LogP contribution in [0, 0.1) is 0 Å². The van der Waals surface area contributed by atoms with Gasteiger partial charge < -0.3 is 15.3 Å². The number of hydrogen-bond donors (Lipinski definition) is 2. The van der Waals surface area contributed by atoms with Crippen molar-refractivity contribution in [2.45, 2.75) is 6.04 Å². The molecule has 2 aromatic rings. The number of phenols is 1. The SMILES string of the molecule is Oc1ccc(N2CCNCC2c2ccncc2)cc1. The number of benzene rings is 1. The van der Waals surface area contributed by atoms with Gasteiger partial charge in [-0.1, -0.05) is 0 Å². The van der Waals surface area contributed by atoms with Crippen molar-refractivity contribution in [1.29, 1.82) is 0 Å². The first-order chi connectivity index (χ1) is 9.34. The minimum Gasteiger partial charge on any atom is -0.508 e. The molecule has 1 unspecified atom stereocenters. The number of rotatable bonds is 2. The summed E-state index contributed by atoms with van der Waals surface area (Å²) in [6, 6.07) is 11.8. The third-order valence-corrected chi connectivity index (χ3v) is 3.52. The number of hydrogen-bond acceptors (Lipinski definition) is 4. The van der Waals surface area contributed by atoms with Crippen LogP contribution in [-0.2, 0) is 0 Å². The van der Waals surface area contributed by atoms with E-state index in [0.29, 0.717) is 11.8 Å². The minimum absolute atomic E-state index is 0.305. The molecule has 4 nitrogen and oxygen atoms in total. The summed E-state index contributed by atoms with van der Waals surface area (Å²) in [5, 5.41) is 12.8. The van der Waals surface area contributed by atoms with Crippen molar-refractivity contribution in [3.63, 3.8) is 0 Å². The standard InChI is InChI=1S/C15H17N3O/c19-14-3-1-13(2-4-14)18-10-9-17-11-15(18)12-5-7-16-8-6-12/h1-8,15,17,19H,9-11H2. The van der Waals surface area contributed by atoms with Crippen LogP contribution < -0.4 is 10.2 Å². The maximum Gasteiger partial charge on any atom is 0.115 e. The van der Waals surface area contributed by atoms with Crippen LogP contribution >= 0.6 is 0 Å². The summed E-state index contributed by atoms with van der Waals surface area (Å²) in [5.74, 6) is 0.305. The maximum absolute atomic E-state index is 9.40. The van der Waals surface area contributed by atoms with Gasteiger partial charge in [-0.3, -0.25) is 4.98 Å². The van der Waals surface area contributed by atoms with Gasteiger partial charge in [-0.15, -0.1) is 0 Å². The summed E-state index contributed by atoms with van der Waals surface area (Å²) >= 11 is 0. The second kappa shape index (κ2) is 5.28. The summed E-state index contributed by atoms with van der Waals surface area (Å²) in [7, 11) is 0. The first kappa shape index (κ1) is 12.0. The number of anilines is 1. The van der Waals surface area contributed by atoms with Crippen LogP contribution in [0.4, 0.5) is 5.69 Å². The highest BCUT2D eigenvalue weighted by molar-refractivity contribution is 5.51. The predicted octanol–water partition coefficient (Wildman–Crippen LogP) is 1.94. The first-order valence-corrected chi connectivity index (χ1v) is 6.51. The third-order valence-electron chi connectivity index (χ3n) is 3.52. The van der Waals surface area contributed by atoms with Crippen LogP contribution in [0.15, 0.2) is 48.8 Å². The molecule has 2 heterocycles. The highest BCUT2D eigenvalue weighted by atomic mass is 16.3. The Morgan fingerprint density at radius 1 is 1.11 bits per heavy atom. The highest BCUT2D eigenvalue weighted by Crippen LogP contribution is 2.29. The zero-order valence-corrected chi connectivity index (χ0v) is 10.7. The Balaban J connectivity index is 1.91. The van der Waals surface area contributed by atoms with E-state index in [2.05, 4.69) is 27.3 Å². The fourth-order valence-corrected chi connectivity index (χ4v) is 2.54. The van der Waals surface area contributed by atoms with Crippen molar-refractivity contribution in [3.8, 4) is 5.75 Å². The lowest BCUT2D eigenvalue weighted by atomic mass is 10.0. The van der Waals surface area contributed by atoms with E-state index in [1.807, 2.05) is 24.5 Å². The Hall–Kier alpha value is -2.07. The van der Waals surface area contributed by atoms with Gasteiger partial charge in [0.2, 0.25) is 0 Å². The molecule has 0 amide bonds. The summed E-state index contributed by atoms with van der Waals surface area (Å²) in [5.41, 5.74) is 2.40. The molecule has 1 fully saturated rings. The second-order valence-corrected chi connectivity index (χ2v) is 4.71. The van der Waals surface area contributed by atoms with Crippen LogP contribution in [0.3, 0.4) is 0 Å². The van der Waals surface area contributed by atoms with Crippen LogP contribution in [0.5, 0.6) is 5.75 Å². The van der Waals surface area contributed by atoms with Crippen molar-refractivity contribution in [3.05, 3.63) is 54.4 Å². The van der Waals surface area contributed by atoms with E-state index in [9.17, 15) is 5.11 Å². The molecule has 3 rings (SSSR count). The fraction of sp³-hybridized carbons (Fsp3) is 0.267. The van der Waals surface area contributed by atoms with Crippen molar-refractivity contribution in [1.82, 2.24) is 10.3 Å². The summed E-state index contributed by atoms with van der Waals surface area (Å²) in [4.78, 5) is 6.44. The number of piperazine rings is 1. The molecule has 1 atom stereocenters. The predicted molar refractivity (Wildman–Crippen MR) is 75.3 cm³/mol. The van der Waals surface area contributed by atoms with Crippen LogP contribution in [0.2, 0.25) is 0 Å². The number of nitrogens with zero attached hydrogens (tertiary/aromatic N) is 2. The number of phenolic OH excluding ortho intramolecular Hbond substituents is 1. The molecule has 4 heteroatoms. The van der Waals surface area contributed by atoms with Crippen LogP contribution in [0.1, 0.15) is 11.6 Å². The van der Waals surface area contributed by atoms with Gasteiger partial charge in [-0.25, -0.2) is 0 Å². The van der Waals surface area contributed by atoms with E-state index in [1.165, 1.54) is 5.56 Å². The molecular weight excluding hydrogens is 238 g/mol. The van der Waals surface area contributed by atoms with Gasteiger partial charge in [0.1, 0.15) is 5.75 Å². The van der Waals surface area contributed by atoms with E-state index in [-0.39, 0.29) is 0 Å². The molecule has 0 bridgehead atoms. The molecule has 19 heavy (non-hydrogen) atoms. The zero-order chi connectivity index (χ0) is 13.1. The second-order valence-electron chi connectivity index (χ2n) is 4.71. The number of nitrogens with one attached hydrogen (secondary N) is 1. The molecule has 1 aromatic heterocycles. The monoisotopic (exact) mass is 255 g/mol. The number of aromatic hydroxyl groups is 1. The Morgan fingerprint density at radius 2 is 1.84 bits per heavy atom. The molecule has 1 aromatic carbocycles. The summed E-state index contributed by atoms with van der Waals surface area (Å²) < 4.78 is 0. The maximum atomic E-state index is 9.40. The summed E-state index contributed by atoms with van der Waals surface area (Å²) in [6.07, 6.45) is 3.66. The normalized spacial score (nSPS) is 19.4. The number of pyridine rings is 1. The quantitative estimate of drug-likeness (QED) is 0.861. The minimum atomic E-state index is 0.305. The third kappa shape index (κ3) is 2.53. The van der Waals surface area contributed by atoms with Crippen LogP contribution in [0.25, 0.3) is 0 Å². The molecule has 1 aliphatic heterocycles. The van der Waals surface area contributed by atoms with E-state index >= 15 is 0 Å². The first-order valence-electron chi connectivity index (χ1n) is 6.51. The van der Waals surface area contributed by atoms with Gasteiger partial charge in [0, 0.05) is 37.7 Å². The van der Waals surface area contributed by atoms with Gasteiger partial charge >= 0.3 is 0 Å². The van der Waals surface area contributed by atoms with Crippen molar-refractivity contribution in [2.75, 3.05) is 24.5 Å². The van der Waals surface area contributed by atoms with Gasteiger partial charge in [0.15, 0.2) is 0 Å². The van der Waals surface area contributed by atoms with Gasteiger partial charge in [-0.2, -0.15) is 0 Å². The van der Waals surface area contributed by atoms with E-state index in [0.717, 1.165) is 25.3 Å². The lowest BCUT2D eigenvalue weighted by Gasteiger charge is -2.38. The zero-order valence-electron chi connectivity index (χ0n) is 10.7. The van der Waals surface area contributed by atoms with Gasteiger partial charge in [-0.05, 0) is 42.0 Å². The average Bonchev–Trinajstić information content (AvgIpc) is 2.49. The molecule has 2 N–H and O–H groups in total. The highest BCUT2D eigenvalue weighted by Gasteiger charge is 2.23. The Morgan fingerprint density at radius 3 is 2.58 bits per heavy atom. The van der Waals surface area contributed by atoms with Crippen molar-refractivity contribution >= 4 is 5.69 Å². The van der Waals surface area contributed by atoms with Crippen molar-refractivity contribution < 1.29 is 5.11 Å². The largest absolute Gasteiger partial charge is 0.508 e. The molecule has 0 aliphatic carbocycles. The Kier molecular flexibility index (Phi) is 3.33. The molecule has 0 saturated carbocycles. The van der Waals surface area contributed by atoms with Gasteiger partial charge in [0.05, 0.1) is 6.04 Å². The average molecular weight is 255 g/mol. The van der Waals surface area contributed by atoms with Gasteiger partial charge in [0.25, 0.3) is 0 Å². The molecule has 1 aliphatic rings. The molecule has 0 spiro atoms. The smallest absolute Gasteiger partial charge is 0.115 e. The number of aromatic nitrogens is 1. The van der Waals surface area contributed by atoms with E-state index in [1.54, 1.807) is 12.1 Å². The lowest BCUT2D eigenvalue weighted by molar-refractivity contribution is 0.473. The van der Waals surface area contributed by atoms with Crippen LogP contribution in [-0.4, -0.2) is 29.7 Å². The Labute approximate surface area is 112 Å².